The highest BCUT2D eigenvalue weighted by molar-refractivity contribution is 6.30. The summed E-state index contributed by atoms with van der Waals surface area (Å²) >= 11 is 6.04. The minimum Gasteiger partial charge on any atom is -0.497 e. The quantitative estimate of drug-likeness (QED) is 0.504. The van der Waals surface area contributed by atoms with Gasteiger partial charge in [0.2, 0.25) is 5.82 Å². The molecule has 29 heavy (non-hydrogen) atoms. The van der Waals surface area contributed by atoms with Crippen LogP contribution in [-0.2, 0) is 17.9 Å². The number of rotatable bonds is 4. The molecule has 1 atom stereocenters. The Labute approximate surface area is 171 Å². The lowest BCUT2D eigenvalue weighted by molar-refractivity contribution is -0.00127. The van der Waals surface area contributed by atoms with Crippen molar-refractivity contribution >= 4 is 11.6 Å². The third kappa shape index (κ3) is 3.37. The van der Waals surface area contributed by atoms with Gasteiger partial charge in [-0.2, -0.15) is 4.98 Å². The first-order chi connectivity index (χ1) is 14.2. The Kier molecular flexibility index (Phi) is 4.49. The molecule has 0 spiro atoms. The van der Waals surface area contributed by atoms with Crippen molar-refractivity contribution in [2.75, 3.05) is 7.11 Å². The van der Waals surface area contributed by atoms with E-state index in [0.717, 1.165) is 22.6 Å². The Morgan fingerprint density at radius 1 is 1.17 bits per heavy atom. The smallest absolute Gasteiger partial charge is 0.280 e. The van der Waals surface area contributed by atoms with Gasteiger partial charge in [-0.15, -0.1) is 5.10 Å². The number of methoxy groups -OCH3 is 1. The molecule has 2 aromatic heterocycles. The summed E-state index contributed by atoms with van der Waals surface area (Å²) in [5.41, 5.74) is 3.11. The lowest BCUT2D eigenvalue weighted by Gasteiger charge is -2.24. The Hall–Kier alpha value is -3.23. The Bertz CT molecular complexity index is 1170. The van der Waals surface area contributed by atoms with Gasteiger partial charge in [0.25, 0.3) is 5.89 Å². The van der Waals surface area contributed by atoms with Crippen molar-refractivity contribution in [1.82, 2.24) is 25.1 Å². The van der Waals surface area contributed by atoms with Gasteiger partial charge in [-0.1, -0.05) is 46.2 Å². The van der Waals surface area contributed by atoms with Gasteiger partial charge in [-0.05, 0) is 29.8 Å². The van der Waals surface area contributed by atoms with Crippen LogP contribution in [-0.4, -0.2) is 32.2 Å². The Morgan fingerprint density at radius 2 is 2.07 bits per heavy atom. The summed E-state index contributed by atoms with van der Waals surface area (Å²) in [5.74, 6) is 1.52. The summed E-state index contributed by atoms with van der Waals surface area (Å²) in [4.78, 5) is 4.45. The fraction of sp³-hybridized carbons (Fsp3) is 0.200. The maximum Gasteiger partial charge on any atom is 0.280 e. The van der Waals surface area contributed by atoms with Crippen LogP contribution in [0.25, 0.3) is 23.0 Å². The van der Waals surface area contributed by atoms with Gasteiger partial charge in [-0.25, -0.2) is 4.68 Å². The summed E-state index contributed by atoms with van der Waals surface area (Å²) in [6.45, 7) is 0.865. The highest BCUT2D eigenvalue weighted by Gasteiger charge is 2.28. The molecule has 1 aliphatic rings. The molecule has 5 rings (SSSR count). The van der Waals surface area contributed by atoms with Crippen LogP contribution in [0.1, 0.15) is 17.4 Å². The molecule has 0 radical (unpaired) electrons. The fourth-order valence-electron chi connectivity index (χ4n) is 3.29. The zero-order valence-electron chi connectivity index (χ0n) is 15.4. The van der Waals surface area contributed by atoms with Crippen molar-refractivity contribution in [2.45, 2.75) is 19.3 Å². The van der Waals surface area contributed by atoms with E-state index in [1.54, 1.807) is 19.2 Å². The third-order valence-corrected chi connectivity index (χ3v) is 5.01. The maximum atomic E-state index is 6.05. The number of halogens is 1. The van der Waals surface area contributed by atoms with E-state index in [1.165, 1.54) is 0 Å². The molecule has 1 aliphatic heterocycles. The van der Waals surface area contributed by atoms with Crippen molar-refractivity contribution in [2.24, 2.45) is 0 Å². The van der Waals surface area contributed by atoms with Crippen LogP contribution in [0, 0.1) is 0 Å². The summed E-state index contributed by atoms with van der Waals surface area (Å²) in [6, 6.07) is 15.1. The number of fused-ring (bicyclic) bond motifs is 1. The zero-order valence-corrected chi connectivity index (χ0v) is 16.2. The Balaban J connectivity index is 1.41. The van der Waals surface area contributed by atoms with Crippen LogP contribution in [0.3, 0.4) is 0 Å². The Morgan fingerprint density at radius 3 is 2.93 bits per heavy atom. The molecule has 0 N–H and O–H groups in total. The maximum absolute atomic E-state index is 6.05. The van der Waals surface area contributed by atoms with Crippen LogP contribution < -0.4 is 4.74 Å². The lowest BCUT2D eigenvalue weighted by atomic mass is 10.1. The van der Waals surface area contributed by atoms with E-state index >= 15 is 0 Å². The van der Waals surface area contributed by atoms with Crippen molar-refractivity contribution in [3.05, 3.63) is 64.8 Å². The van der Waals surface area contributed by atoms with Crippen molar-refractivity contribution < 1.29 is 14.0 Å². The average molecular weight is 410 g/mol. The minimum absolute atomic E-state index is 0.142. The number of nitrogens with zero attached hydrogens (tertiary/aromatic N) is 5. The van der Waals surface area contributed by atoms with E-state index in [-0.39, 0.29) is 6.10 Å². The molecule has 3 heterocycles. The molecule has 0 fully saturated rings. The van der Waals surface area contributed by atoms with E-state index < -0.39 is 0 Å². The number of hydrogen-bond donors (Lipinski definition) is 0. The first-order valence-corrected chi connectivity index (χ1v) is 9.37. The minimum atomic E-state index is -0.142. The van der Waals surface area contributed by atoms with Gasteiger partial charge in [-0.3, -0.25) is 0 Å². The van der Waals surface area contributed by atoms with E-state index in [0.29, 0.717) is 35.6 Å². The van der Waals surface area contributed by atoms with Crippen molar-refractivity contribution in [3.8, 4) is 28.7 Å². The van der Waals surface area contributed by atoms with Gasteiger partial charge < -0.3 is 14.0 Å². The van der Waals surface area contributed by atoms with Crippen LogP contribution in [0.15, 0.2) is 53.1 Å². The third-order valence-electron chi connectivity index (χ3n) is 4.77. The highest BCUT2D eigenvalue weighted by Crippen LogP contribution is 2.32. The topological polar surface area (TPSA) is 88.1 Å². The lowest BCUT2D eigenvalue weighted by Crippen LogP contribution is -2.22. The largest absolute Gasteiger partial charge is 0.497 e. The normalized spacial score (nSPS) is 15.9. The number of benzene rings is 2. The molecule has 146 valence electrons. The van der Waals surface area contributed by atoms with Gasteiger partial charge in [0, 0.05) is 10.6 Å². The predicted molar refractivity (Wildman–Crippen MR) is 104 cm³/mol. The number of aromatic nitrogens is 5. The first-order valence-electron chi connectivity index (χ1n) is 8.99. The van der Waals surface area contributed by atoms with E-state index in [1.807, 2.05) is 41.1 Å². The van der Waals surface area contributed by atoms with Gasteiger partial charge in [0.15, 0.2) is 5.69 Å². The summed E-state index contributed by atoms with van der Waals surface area (Å²) in [7, 11) is 1.64. The molecule has 0 saturated heterocycles. The van der Waals surface area contributed by atoms with E-state index in [9.17, 15) is 0 Å². The van der Waals surface area contributed by atoms with Gasteiger partial charge in [0.1, 0.15) is 11.9 Å². The van der Waals surface area contributed by atoms with Crippen LogP contribution in [0.5, 0.6) is 5.75 Å². The monoisotopic (exact) mass is 409 g/mol. The van der Waals surface area contributed by atoms with Crippen molar-refractivity contribution in [1.29, 1.82) is 0 Å². The molecule has 0 bridgehead atoms. The van der Waals surface area contributed by atoms with Crippen LogP contribution in [0.4, 0.5) is 0 Å². The summed E-state index contributed by atoms with van der Waals surface area (Å²) < 4.78 is 18.6. The number of ether oxygens (including phenoxy) is 2. The van der Waals surface area contributed by atoms with Crippen LogP contribution in [0.2, 0.25) is 5.02 Å². The molecule has 0 amide bonds. The van der Waals surface area contributed by atoms with Crippen molar-refractivity contribution in [3.63, 3.8) is 0 Å². The molecule has 4 aromatic rings. The molecule has 0 unspecified atom stereocenters. The van der Waals surface area contributed by atoms with Crippen LogP contribution >= 0.6 is 11.6 Å². The molecule has 9 heteroatoms. The standard InChI is InChI=1S/C20H16ClN5O3/c1-27-15-7-3-4-12(9-15)17-10-26-16(11-28-17)18(23-25-26)20-22-19(24-29-20)13-5-2-6-14(21)8-13/h2-9,17H,10-11H2,1H3/t17-/m1/s1. The zero-order chi connectivity index (χ0) is 19.8. The molecule has 8 nitrogen and oxygen atoms in total. The molecule has 2 aromatic carbocycles. The molecule has 0 aliphatic carbocycles. The molecular formula is C20H16ClN5O3. The fourth-order valence-corrected chi connectivity index (χ4v) is 3.48. The summed E-state index contributed by atoms with van der Waals surface area (Å²) in [5, 5.41) is 13.1. The van der Waals surface area contributed by atoms with E-state index in [2.05, 4.69) is 20.5 Å². The second-order valence-electron chi connectivity index (χ2n) is 6.58. The second kappa shape index (κ2) is 7.31. The average Bonchev–Trinajstić information content (AvgIpc) is 3.40. The number of hydrogen-bond acceptors (Lipinski definition) is 7. The molecule has 0 saturated carbocycles. The predicted octanol–water partition coefficient (Wildman–Crippen LogP) is 3.93. The van der Waals surface area contributed by atoms with Gasteiger partial charge in [0.05, 0.1) is 26.0 Å². The van der Waals surface area contributed by atoms with E-state index in [4.69, 9.17) is 25.6 Å². The second-order valence-corrected chi connectivity index (χ2v) is 7.01. The van der Waals surface area contributed by atoms with Gasteiger partial charge >= 0.3 is 0 Å². The first kappa shape index (κ1) is 17.8. The SMILES string of the molecule is COc1cccc([C@H]2Cn3nnc(-c4nc(-c5cccc(Cl)c5)no4)c3CO2)c1. The summed E-state index contributed by atoms with van der Waals surface area (Å²) in [6.07, 6.45) is -0.142. The highest BCUT2D eigenvalue weighted by atomic mass is 35.5. The molecular weight excluding hydrogens is 394 g/mol.